The molecule has 4 nitrogen and oxygen atoms in total. The van der Waals surface area contributed by atoms with Gasteiger partial charge in [-0.2, -0.15) is 5.10 Å². The molecule has 1 N–H and O–H groups in total. The summed E-state index contributed by atoms with van der Waals surface area (Å²) in [5.41, 5.74) is 0.150. The van der Waals surface area contributed by atoms with E-state index in [2.05, 4.69) is 21.0 Å². The largest absolute Gasteiger partial charge is 0.481 e. The third-order valence-corrected chi connectivity index (χ3v) is 2.54. The van der Waals surface area contributed by atoms with Gasteiger partial charge in [-0.15, -0.1) is 0 Å². The molecule has 0 radical (unpaired) electrons. The van der Waals surface area contributed by atoms with Crippen molar-refractivity contribution in [1.82, 2.24) is 9.78 Å². The quantitative estimate of drug-likeness (QED) is 0.903. The van der Waals surface area contributed by atoms with Gasteiger partial charge in [0.05, 0.1) is 5.41 Å². The number of carboxylic acids is 1. The summed E-state index contributed by atoms with van der Waals surface area (Å²) < 4.78 is 2.42. The summed E-state index contributed by atoms with van der Waals surface area (Å²) in [6, 6.07) is 1.84. The number of aliphatic carboxylic acids is 1. The van der Waals surface area contributed by atoms with E-state index < -0.39 is 11.4 Å². The molecule has 0 aliphatic rings. The molecular formula is C9H13BrN2O2. The third kappa shape index (κ3) is 2.35. The average Bonchev–Trinajstić information content (AvgIpc) is 2.29. The Kier molecular flexibility index (Phi) is 2.99. The summed E-state index contributed by atoms with van der Waals surface area (Å²) >= 11 is 3.25. The van der Waals surface area contributed by atoms with Crippen LogP contribution < -0.4 is 0 Å². The van der Waals surface area contributed by atoms with Crippen molar-refractivity contribution in [3.05, 3.63) is 16.4 Å². The molecule has 1 rings (SSSR count). The first-order valence-electron chi connectivity index (χ1n) is 4.25. The summed E-state index contributed by atoms with van der Waals surface area (Å²) in [5.74, 6) is -0.796. The summed E-state index contributed by atoms with van der Waals surface area (Å²) in [5, 5.41) is 13.1. The van der Waals surface area contributed by atoms with Gasteiger partial charge in [0, 0.05) is 19.2 Å². The van der Waals surface area contributed by atoms with Crippen molar-refractivity contribution in [3.8, 4) is 0 Å². The van der Waals surface area contributed by atoms with Gasteiger partial charge in [0.15, 0.2) is 0 Å². The van der Waals surface area contributed by atoms with Crippen molar-refractivity contribution in [1.29, 1.82) is 0 Å². The van der Waals surface area contributed by atoms with Crippen LogP contribution in [0.2, 0.25) is 0 Å². The number of nitrogens with zero attached hydrogens (tertiary/aromatic N) is 2. The van der Waals surface area contributed by atoms with Crippen molar-refractivity contribution < 1.29 is 9.90 Å². The maximum Gasteiger partial charge on any atom is 0.309 e. The Hall–Kier alpha value is -0.840. The van der Waals surface area contributed by atoms with Gasteiger partial charge >= 0.3 is 5.97 Å². The topological polar surface area (TPSA) is 55.1 Å². The highest BCUT2D eigenvalue weighted by Gasteiger charge is 2.28. The first-order chi connectivity index (χ1) is 6.33. The number of carbonyl (C=O) groups is 1. The molecule has 0 aliphatic heterocycles. The molecule has 78 valence electrons. The lowest BCUT2D eigenvalue weighted by molar-refractivity contribution is -0.146. The molecule has 0 saturated heterocycles. The minimum absolute atomic E-state index is 0.470. The first-order valence-corrected chi connectivity index (χ1v) is 5.04. The van der Waals surface area contributed by atoms with Gasteiger partial charge < -0.3 is 5.11 Å². The standard InChI is InChI=1S/C9H13BrN2O2/c1-9(2,8(13)14)5-6-4-7(10)11-12(6)3/h4H,5H2,1-3H3,(H,13,14). The minimum atomic E-state index is -0.796. The molecule has 0 bridgehead atoms. The van der Waals surface area contributed by atoms with Crippen molar-refractivity contribution in [2.75, 3.05) is 0 Å². The molecule has 0 fully saturated rings. The minimum Gasteiger partial charge on any atom is -0.481 e. The predicted molar refractivity (Wildman–Crippen MR) is 56.0 cm³/mol. The molecular weight excluding hydrogens is 248 g/mol. The number of hydrogen-bond donors (Lipinski definition) is 1. The Morgan fingerprint density at radius 3 is 2.64 bits per heavy atom. The normalized spacial score (nSPS) is 11.7. The highest BCUT2D eigenvalue weighted by Crippen LogP contribution is 2.23. The van der Waals surface area contributed by atoms with Crippen LogP contribution in [-0.2, 0) is 18.3 Å². The molecule has 5 heteroatoms. The SMILES string of the molecule is Cn1nc(Br)cc1CC(C)(C)C(=O)O. The molecule has 0 spiro atoms. The molecule has 0 atom stereocenters. The second kappa shape index (κ2) is 3.73. The maximum atomic E-state index is 10.9. The van der Waals surface area contributed by atoms with E-state index in [0.717, 1.165) is 10.3 Å². The number of hydrogen-bond acceptors (Lipinski definition) is 2. The molecule has 0 amide bonds. The maximum absolute atomic E-state index is 10.9. The second-order valence-electron chi connectivity index (χ2n) is 3.95. The Bertz CT molecular complexity index is 358. The summed E-state index contributed by atoms with van der Waals surface area (Å²) in [4.78, 5) is 10.9. The van der Waals surface area contributed by atoms with Crippen LogP contribution in [0.5, 0.6) is 0 Å². The Morgan fingerprint density at radius 1 is 1.71 bits per heavy atom. The van der Waals surface area contributed by atoms with Crippen LogP contribution in [0.3, 0.4) is 0 Å². The fourth-order valence-corrected chi connectivity index (χ4v) is 1.66. The fourth-order valence-electron chi connectivity index (χ4n) is 1.16. The van der Waals surface area contributed by atoms with Crippen LogP contribution in [0.25, 0.3) is 0 Å². The van der Waals surface area contributed by atoms with Crippen molar-refractivity contribution >= 4 is 21.9 Å². The number of aryl methyl sites for hydroxylation is 1. The smallest absolute Gasteiger partial charge is 0.309 e. The molecule has 0 unspecified atom stereocenters. The Morgan fingerprint density at radius 2 is 2.29 bits per heavy atom. The van der Waals surface area contributed by atoms with Crippen LogP contribution >= 0.6 is 15.9 Å². The monoisotopic (exact) mass is 260 g/mol. The van der Waals surface area contributed by atoms with Gasteiger partial charge in [0.1, 0.15) is 4.60 Å². The van der Waals surface area contributed by atoms with E-state index >= 15 is 0 Å². The van der Waals surface area contributed by atoms with E-state index in [-0.39, 0.29) is 0 Å². The molecule has 0 aliphatic carbocycles. The van der Waals surface area contributed by atoms with E-state index in [1.54, 1.807) is 25.6 Å². The van der Waals surface area contributed by atoms with Crippen molar-refractivity contribution in [2.45, 2.75) is 20.3 Å². The van der Waals surface area contributed by atoms with Crippen LogP contribution in [0, 0.1) is 5.41 Å². The van der Waals surface area contributed by atoms with Gasteiger partial charge in [-0.25, -0.2) is 0 Å². The highest BCUT2D eigenvalue weighted by atomic mass is 79.9. The summed E-state index contributed by atoms with van der Waals surface area (Å²) in [7, 11) is 1.80. The summed E-state index contributed by atoms with van der Waals surface area (Å²) in [6.45, 7) is 3.41. The molecule has 14 heavy (non-hydrogen) atoms. The molecule has 0 saturated carbocycles. The van der Waals surface area contributed by atoms with Crippen LogP contribution in [0.1, 0.15) is 19.5 Å². The van der Waals surface area contributed by atoms with Crippen molar-refractivity contribution in [2.24, 2.45) is 12.5 Å². The van der Waals surface area contributed by atoms with Gasteiger partial charge in [-0.1, -0.05) is 0 Å². The molecule has 0 aromatic carbocycles. The summed E-state index contributed by atoms with van der Waals surface area (Å²) in [6.07, 6.45) is 0.470. The number of halogens is 1. The third-order valence-electron chi connectivity index (χ3n) is 2.15. The van der Waals surface area contributed by atoms with Crippen LogP contribution in [0.15, 0.2) is 10.7 Å². The Balaban J connectivity index is 2.88. The number of rotatable bonds is 3. The van der Waals surface area contributed by atoms with E-state index in [1.165, 1.54) is 0 Å². The fraction of sp³-hybridized carbons (Fsp3) is 0.556. The van der Waals surface area contributed by atoms with E-state index in [9.17, 15) is 4.79 Å². The first kappa shape index (κ1) is 11.2. The zero-order valence-electron chi connectivity index (χ0n) is 8.41. The van der Waals surface area contributed by atoms with E-state index in [4.69, 9.17) is 5.11 Å². The lowest BCUT2D eigenvalue weighted by Crippen LogP contribution is -2.27. The van der Waals surface area contributed by atoms with Crippen LogP contribution in [0.4, 0.5) is 0 Å². The number of aromatic nitrogens is 2. The van der Waals surface area contributed by atoms with E-state index in [1.807, 2.05) is 6.07 Å². The van der Waals surface area contributed by atoms with Crippen molar-refractivity contribution in [3.63, 3.8) is 0 Å². The highest BCUT2D eigenvalue weighted by molar-refractivity contribution is 9.10. The van der Waals surface area contributed by atoms with Gasteiger partial charge in [0.25, 0.3) is 0 Å². The average molecular weight is 261 g/mol. The van der Waals surface area contributed by atoms with Gasteiger partial charge in [-0.3, -0.25) is 9.48 Å². The predicted octanol–water partition coefficient (Wildman–Crippen LogP) is 1.84. The van der Waals surface area contributed by atoms with Gasteiger partial charge in [0.2, 0.25) is 0 Å². The van der Waals surface area contributed by atoms with Gasteiger partial charge in [-0.05, 0) is 35.8 Å². The Labute approximate surface area is 91.1 Å². The van der Waals surface area contributed by atoms with E-state index in [0.29, 0.717) is 6.42 Å². The molecule has 1 aromatic heterocycles. The lowest BCUT2D eigenvalue weighted by atomic mass is 9.88. The molecule has 1 heterocycles. The zero-order valence-corrected chi connectivity index (χ0v) is 10.00. The lowest BCUT2D eigenvalue weighted by Gasteiger charge is -2.18. The van der Waals surface area contributed by atoms with Crippen LogP contribution in [-0.4, -0.2) is 20.9 Å². The number of carboxylic acid groups (broad SMARTS) is 1. The zero-order chi connectivity index (χ0) is 10.9. The second-order valence-corrected chi connectivity index (χ2v) is 4.76. The molecule has 1 aromatic rings.